The lowest BCUT2D eigenvalue weighted by molar-refractivity contribution is -0.386. The zero-order valence-corrected chi connectivity index (χ0v) is 19.3. The first-order valence-corrected chi connectivity index (χ1v) is 11.1. The van der Waals surface area contributed by atoms with Crippen molar-refractivity contribution in [3.05, 3.63) is 92.0 Å². The van der Waals surface area contributed by atoms with E-state index in [0.29, 0.717) is 0 Å². The van der Waals surface area contributed by atoms with Crippen LogP contribution in [0, 0.1) is 17.0 Å². The van der Waals surface area contributed by atoms with Crippen LogP contribution in [0.1, 0.15) is 28.2 Å². The lowest BCUT2D eigenvalue weighted by Gasteiger charge is -2.18. The predicted molar refractivity (Wildman–Crippen MR) is 128 cm³/mol. The van der Waals surface area contributed by atoms with Crippen LogP contribution in [0.2, 0.25) is 5.02 Å². The van der Waals surface area contributed by atoms with Crippen molar-refractivity contribution in [1.82, 2.24) is 5.32 Å². The molecule has 3 N–H and O–H groups in total. The summed E-state index contributed by atoms with van der Waals surface area (Å²) in [5.74, 6) is -2.31. The molecule has 4 rings (SSSR count). The Morgan fingerprint density at radius 3 is 2.26 bits per heavy atom. The number of aliphatic carboxylic acids is 1. The number of hydrogen-bond acceptors (Lipinski definition) is 6. The molecule has 0 aliphatic heterocycles. The SMILES string of the molecule is Cc1c(Cl)cc(CC(NC(=O)OCC2c3ccccc3-c3ccccc32)C(=O)O)c(O)c1[N+](=O)[O-]. The van der Waals surface area contributed by atoms with Crippen LogP contribution >= 0.6 is 11.6 Å². The first-order valence-electron chi connectivity index (χ1n) is 10.7. The van der Waals surface area contributed by atoms with Gasteiger partial charge in [-0.05, 0) is 35.2 Å². The number of ether oxygens (including phenoxy) is 1. The minimum Gasteiger partial charge on any atom is -0.502 e. The van der Waals surface area contributed by atoms with Gasteiger partial charge in [0.25, 0.3) is 0 Å². The van der Waals surface area contributed by atoms with Gasteiger partial charge in [0.1, 0.15) is 12.6 Å². The van der Waals surface area contributed by atoms with Crippen molar-refractivity contribution in [2.45, 2.75) is 25.3 Å². The molecule has 3 aromatic carbocycles. The molecule has 9 nitrogen and oxygen atoms in total. The van der Waals surface area contributed by atoms with E-state index >= 15 is 0 Å². The van der Waals surface area contributed by atoms with E-state index in [1.807, 2.05) is 48.5 Å². The fourth-order valence-corrected chi connectivity index (χ4v) is 4.57. The number of amides is 1. The smallest absolute Gasteiger partial charge is 0.407 e. The Hall–Kier alpha value is -4.11. The highest BCUT2D eigenvalue weighted by Crippen LogP contribution is 2.44. The molecule has 1 unspecified atom stereocenters. The number of aromatic hydroxyl groups is 1. The molecule has 1 amide bonds. The van der Waals surface area contributed by atoms with Gasteiger partial charge in [-0.1, -0.05) is 60.1 Å². The van der Waals surface area contributed by atoms with E-state index in [1.165, 1.54) is 13.0 Å². The molecule has 0 bridgehead atoms. The monoisotopic (exact) mass is 496 g/mol. The average molecular weight is 497 g/mol. The minimum absolute atomic E-state index is 0.00483. The molecule has 1 aliphatic rings. The van der Waals surface area contributed by atoms with Crippen LogP contribution < -0.4 is 5.32 Å². The third kappa shape index (κ3) is 4.63. The third-order valence-corrected chi connectivity index (χ3v) is 6.48. The Morgan fingerprint density at radius 1 is 1.14 bits per heavy atom. The fourth-order valence-electron chi connectivity index (χ4n) is 4.35. The summed E-state index contributed by atoms with van der Waals surface area (Å²) in [6.45, 7) is 1.35. The summed E-state index contributed by atoms with van der Waals surface area (Å²) < 4.78 is 5.38. The fraction of sp³-hybridized carbons (Fsp3) is 0.200. The number of nitrogens with zero attached hydrogens (tertiary/aromatic N) is 1. The highest BCUT2D eigenvalue weighted by molar-refractivity contribution is 6.31. The maximum atomic E-state index is 12.5. The summed E-state index contributed by atoms with van der Waals surface area (Å²) in [7, 11) is 0. The topological polar surface area (TPSA) is 139 Å². The number of carbonyl (C=O) groups excluding carboxylic acids is 1. The van der Waals surface area contributed by atoms with E-state index in [0.717, 1.165) is 22.3 Å². The molecule has 3 aromatic rings. The normalized spacial score (nSPS) is 13.0. The van der Waals surface area contributed by atoms with Crippen LogP contribution in [0.5, 0.6) is 5.75 Å². The van der Waals surface area contributed by atoms with Crippen LogP contribution in [-0.4, -0.2) is 39.8 Å². The number of carbonyl (C=O) groups is 2. The van der Waals surface area contributed by atoms with Crippen LogP contribution in [0.25, 0.3) is 11.1 Å². The van der Waals surface area contributed by atoms with E-state index in [9.17, 15) is 29.9 Å². The number of phenolic OH excluding ortho intramolecular Hbond substituents is 1. The van der Waals surface area contributed by atoms with Gasteiger partial charge in [-0.15, -0.1) is 0 Å². The Balaban J connectivity index is 1.49. The average Bonchev–Trinajstić information content (AvgIpc) is 3.14. The van der Waals surface area contributed by atoms with Crippen molar-refractivity contribution in [3.8, 4) is 16.9 Å². The van der Waals surface area contributed by atoms with Crippen LogP contribution in [0.4, 0.5) is 10.5 Å². The second-order valence-electron chi connectivity index (χ2n) is 8.16. The summed E-state index contributed by atoms with van der Waals surface area (Å²) >= 11 is 6.03. The number of carboxylic acids is 1. The third-order valence-electron chi connectivity index (χ3n) is 6.08. The lowest BCUT2D eigenvalue weighted by atomic mass is 9.98. The number of halogens is 1. The molecule has 35 heavy (non-hydrogen) atoms. The van der Waals surface area contributed by atoms with Gasteiger partial charge in [0, 0.05) is 23.5 Å². The van der Waals surface area contributed by atoms with Crippen molar-refractivity contribution in [2.75, 3.05) is 6.61 Å². The van der Waals surface area contributed by atoms with Crippen molar-refractivity contribution in [2.24, 2.45) is 0 Å². The molecule has 10 heteroatoms. The maximum absolute atomic E-state index is 12.5. The Labute approximate surface area is 205 Å². The van der Waals surface area contributed by atoms with Crippen molar-refractivity contribution < 1.29 is 29.5 Å². The van der Waals surface area contributed by atoms with Crippen molar-refractivity contribution in [1.29, 1.82) is 0 Å². The Bertz CT molecular complexity index is 1300. The number of carboxylic acid groups (broad SMARTS) is 1. The number of phenols is 1. The molecular formula is C25H21ClN2O7. The molecule has 1 aliphatic carbocycles. The standard InChI is InChI=1S/C25H21ClN2O7/c1-13-20(26)10-14(23(29)22(13)28(33)34)11-21(24(30)31)27-25(32)35-12-19-17-8-4-2-6-15(17)16-7-3-5-9-18(16)19/h2-10,19,21,29H,11-12H2,1H3,(H,27,32)(H,30,31). The Kier molecular flexibility index (Phi) is 6.61. The predicted octanol–water partition coefficient (Wildman–Crippen LogP) is 4.80. The molecule has 0 aromatic heterocycles. The number of nitrogens with one attached hydrogen (secondary N) is 1. The van der Waals surface area contributed by atoms with Crippen LogP contribution in [0.15, 0.2) is 54.6 Å². The highest BCUT2D eigenvalue weighted by atomic mass is 35.5. The minimum atomic E-state index is -1.52. The molecule has 1 atom stereocenters. The zero-order valence-electron chi connectivity index (χ0n) is 18.5. The first kappa shape index (κ1) is 24.0. The second-order valence-corrected chi connectivity index (χ2v) is 8.57. The van der Waals surface area contributed by atoms with E-state index in [2.05, 4.69) is 5.32 Å². The molecule has 0 spiro atoms. The molecule has 0 radical (unpaired) electrons. The van der Waals surface area contributed by atoms with Gasteiger partial charge in [0.05, 0.1) is 9.95 Å². The highest BCUT2D eigenvalue weighted by Gasteiger charge is 2.31. The van der Waals surface area contributed by atoms with Gasteiger partial charge in [0.15, 0.2) is 5.75 Å². The molecule has 0 fully saturated rings. The maximum Gasteiger partial charge on any atom is 0.407 e. The van der Waals surface area contributed by atoms with Gasteiger partial charge < -0.3 is 20.3 Å². The van der Waals surface area contributed by atoms with E-state index in [1.54, 1.807) is 0 Å². The van der Waals surface area contributed by atoms with Crippen LogP contribution in [-0.2, 0) is 16.0 Å². The molecule has 0 saturated heterocycles. The van der Waals surface area contributed by atoms with Gasteiger partial charge in [-0.2, -0.15) is 0 Å². The van der Waals surface area contributed by atoms with Gasteiger partial charge in [-0.25, -0.2) is 9.59 Å². The van der Waals surface area contributed by atoms with E-state index < -0.39 is 40.9 Å². The van der Waals surface area contributed by atoms with Gasteiger partial charge in [0.2, 0.25) is 0 Å². The lowest BCUT2D eigenvalue weighted by Crippen LogP contribution is -2.43. The van der Waals surface area contributed by atoms with E-state index in [-0.39, 0.29) is 28.7 Å². The second kappa shape index (κ2) is 9.63. The number of fused-ring (bicyclic) bond motifs is 3. The number of nitro benzene ring substituents is 1. The molecular weight excluding hydrogens is 476 g/mol. The largest absolute Gasteiger partial charge is 0.502 e. The summed E-state index contributed by atoms with van der Waals surface area (Å²) in [5.41, 5.74) is 3.46. The number of rotatable bonds is 7. The quantitative estimate of drug-likeness (QED) is 0.315. The molecule has 0 heterocycles. The number of hydrogen-bond donors (Lipinski definition) is 3. The molecule has 180 valence electrons. The summed E-state index contributed by atoms with van der Waals surface area (Å²) in [6.07, 6.45) is -1.40. The summed E-state index contributed by atoms with van der Waals surface area (Å²) in [4.78, 5) is 34.8. The van der Waals surface area contributed by atoms with Gasteiger partial charge in [-0.3, -0.25) is 10.1 Å². The summed E-state index contributed by atoms with van der Waals surface area (Å²) in [6, 6.07) is 15.3. The summed E-state index contributed by atoms with van der Waals surface area (Å²) in [5, 5.41) is 33.5. The van der Waals surface area contributed by atoms with Crippen molar-refractivity contribution >= 4 is 29.4 Å². The van der Waals surface area contributed by atoms with Gasteiger partial charge >= 0.3 is 17.7 Å². The zero-order chi connectivity index (χ0) is 25.3. The first-order chi connectivity index (χ1) is 16.7. The van der Waals surface area contributed by atoms with Crippen LogP contribution in [0.3, 0.4) is 0 Å². The Morgan fingerprint density at radius 2 is 1.71 bits per heavy atom. The number of benzene rings is 3. The van der Waals surface area contributed by atoms with Crippen molar-refractivity contribution in [3.63, 3.8) is 0 Å². The van der Waals surface area contributed by atoms with E-state index in [4.69, 9.17) is 16.3 Å². The molecule has 0 saturated carbocycles. The number of nitro groups is 1. The number of alkyl carbamates (subject to hydrolysis) is 1.